The first-order chi connectivity index (χ1) is 12.6. The third-order valence-electron chi connectivity index (χ3n) is 4.98. The van der Waals surface area contributed by atoms with Gasteiger partial charge in [-0.3, -0.25) is 9.69 Å². The molecule has 154 valence electrons. The summed E-state index contributed by atoms with van der Waals surface area (Å²) in [6.07, 6.45) is 10.3. The number of rotatable bonds is 13. The number of carbonyl (C=O) groups is 1. The summed E-state index contributed by atoms with van der Waals surface area (Å²) in [7, 11) is -2.04. The van der Waals surface area contributed by atoms with Gasteiger partial charge in [-0.2, -0.15) is 0 Å². The summed E-state index contributed by atoms with van der Waals surface area (Å²) in [6.45, 7) is 11.4. The molecule has 0 amide bonds. The van der Waals surface area contributed by atoms with Crippen LogP contribution in [0.15, 0.2) is 0 Å². The highest BCUT2D eigenvalue weighted by Gasteiger charge is 2.32. The minimum Gasteiger partial charge on any atom is -0.393 e. The number of hydrogen-bond acceptors (Lipinski definition) is 5. The van der Waals surface area contributed by atoms with E-state index in [9.17, 15) is 4.79 Å². The first-order valence-corrected chi connectivity index (χ1v) is 14.3. The molecule has 1 fully saturated rings. The molecule has 0 aromatic rings. The lowest BCUT2D eigenvalue weighted by molar-refractivity contribution is -0.111. The lowest BCUT2D eigenvalue weighted by Crippen LogP contribution is -2.46. The minimum atomic E-state index is -2.04. The van der Waals surface area contributed by atoms with Gasteiger partial charge in [0, 0.05) is 38.5 Å². The molecule has 1 rings (SSSR count). The van der Waals surface area contributed by atoms with Crippen LogP contribution in [0.25, 0.3) is 0 Å². The molecule has 4 nitrogen and oxygen atoms in total. The maximum atomic E-state index is 11.9. The SMILES string of the molecule is CCCCCCCC(=O)SCCC[Si]1(C)OCCN(CCCC)CCO1. The summed E-state index contributed by atoms with van der Waals surface area (Å²) in [5.41, 5.74) is 0. The molecule has 0 unspecified atom stereocenters. The van der Waals surface area contributed by atoms with Crippen molar-refractivity contribution in [2.45, 2.75) is 84.2 Å². The van der Waals surface area contributed by atoms with Crippen LogP contribution in [0.4, 0.5) is 0 Å². The van der Waals surface area contributed by atoms with Gasteiger partial charge in [-0.05, 0) is 38.4 Å². The highest BCUT2D eigenvalue weighted by molar-refractivity contribution is 8.13. The molecule has 6 heteroatoms. The molecule has 0 bridgehead atoms. The third-order valence-corrected chi connectivity index (χ3v) is 8.89. The quantitative estimate of drug-likeness (QED) is 0.311. The monoisotopic (exact) mass is 403 g/mol. The predicted molar refractivity (Wildman–Crippen MR) is 115 cm³/mol. The van der Waals surface area contributed by atoms with E-state index in [0.717, 1.165) is 63.9 Å². The van der Waals surface area contributed by atoms with E-state index in [4.69, 9.17) is 8.85 Å². The van der Waals surface area contributed by atoms with Gasteiger partial charge in [0.05, 0.1) is 0 Å². The van der Waals surface area contributed by atoms with Crippen molar-refractivity contribution < 1.29 is 13.6 Å². The van der Waals surface area contributed by atoms with E-state index in [2.05, 4.69) is 25.3 Å². The molecule has 0 aromatic carbocycles. The fourth-order valence-corrected chi connectivity index (χ4v) is 6.51. The van der Waals surface area contributed by atoms with Gasteiger partial charge in [-0.15, -0.1) is 0 Å². The molecule has 0 saturated carbocycles. The van der Waals surface area contributed by atoms with Gasteiger partial charge in [-0.25, -0.2) is 0 Å². The summed E-state index contributed by atoms with van der Waals surface area (Å²) < 4.78 is 12.3. The highest BCUT2D eigenvalue weighted by atomic mass is 32.2. The summed E-state index contributed by atoms with van der Waals surface area (Å²) in [4.78, 5) is 14.4. The molecule has 0 N–H and O–H groups in total. The van der Waals surface area contributed by atoms with Crippen LogP contribution < -0.4 is 0 Å². The summed E-state index contributed by atoms with van der Waals surface area (Å²) in [6, 6.07) is 0.999. The Morgan fingerprint density at radius 2 is 1.62 bits per heavy atom. The zero-order valence-electron chi connectivity index (χ0n) is 17.4. The molecule has 0 radical (unpaired) electrons. The maximum Gasteiger partial charge on any atom is 0.335 e. The second kappa shape index (κ2) is 15.1. The van der Waals surface area contributed by atoms with Crippen molar-refractivity contribution in [2.24, 2.45) is 0 Å². The maximum absolute atomic E-state index is 11.9. The van der Waals surface area contributed by atoms with Crippen LogP contribution in [-0.4, -0.2) is 57.2 Å². The Morgan fingerprint density at radius 1 is 0.962 bits per heavy atom. The molecule has 26 heavy (non-hydrogen) atoms. The van der Waals surface area contributed by atoms with E-state index in [1.165, 1.54) is 50.3 Å². The van der Waals surface area contributed by atoms with Gasteiger partial charge >= 0.3 is 8.56 Å². The molecule has 0 aliphatic carbocycles. The van der Waals surface area contributed by atoms with Crippen molar-refractivity contribution in [3.63, 3.8) is 0 Å². The van der Waals surface area contributed by atoms with Crippen LogP contribution in [0.2, 0.25) is 12.6 Å². The number of nitrogens with zero attached hydrogens (tertiary/aromatic N) is 1. The molecular weight excluding hydrogens is 362 g/mol. The van der Waals surface area contributed by atoms with Crippen LogP contribution in [0.5, 0.6) is 0 Å². The Hall–Kier alpha value is 0.117. The van der Waals surface area contributed by atoms with Crippen LogP contribution >= 0.6 is 11.8 Å². The number of unbranched alkanes of at least 4 members (excludes halogenated alkanes) is 5. The van der Waals surface area contributed by atoms with Crippen molar-refractivity contribution >= 4 is 25.4 Å². The zero-order chi connectivity index (χ0) is 19.1. The van der Waals surface area contributed by atoms with Gasteiger partial charge < -0.3 is 8.85 Å². The normalized spacial score (nSPS) is 18.4. The van der Waals surface area contributed by atoms with E-state index in [-0.39, 0.29) is 0 Å². The first kappa shape index (κ1) is 24.2. The summed E-state index contributed by atoms with van der Waals surface area (Å²) >= 11 is 1.51. The largest absolute Gasteiger partial charge is 0.393 e. The Balaban J connectivity index is 2.11. The summed E-state index contributed by atoms with van der Waals surface area (Å²) in [5.74, 6) is 0.908. The van der Waals surface area contributed by atoms with Crippen molar-refractivity contribution in [3.8, 4) is 0 Å². The van der Waals surface area contributed by atoms with Crippen LogP contribution in [0.3, 0.4) is 0 Å². The third kappa shape index (κ3) is 11.8. The minimum absolute atomic E-state index is 0.361. The van der Waals surface area contributed by atoms with Crippen molar-refractivity contribution in [2.75, 3.05) is 38.6 Å². The number of thioether (sulfide) groups is 1. The molecule has 1 aliphatic rings. The topological polar surface area (TPSA) is 38.8 Å². The Morgan fingerprint density at radius 3 is 2.27 bits per heavy atom. The fourth-order valence-electron chi connectivity index (χ4n) is 3.21. The fraction of sp³-hybridized carbons (Fsp3) is 0.950. The van der Waals surface area contributed by atoms with Gasteiger partial charge in [0.15, 0.2) is 5.12 Å². The Kier molecular flexibility index (Phi) is 14.0. The number of carbonyl (C=O) groups excluding carboxylic acids is 1. The lowest BCUT2D eigenvalue weighted by atomic mass is 10.1. The molecule has 0 spiro atoms. The molecule has 1 heterocycles. The Labute approximate surface area is 167 Å². The molecular formula is C20H41NO3SSi. The van der Waals surface area contributed by atoms with Crippen LogP contribution in [0, 0.1) is 0 Å². The first-order valence-electron chi connectivity index (χ1n) is 10.8. The Bertz CT molecular complexity index is 361. The van der Waals surface area contributed by atoms with Gasteiger partial charge in [0.1, 0.15) is 0 Å². The van der Waals surface area contributed by atoms with Gasteiger partial charge in [0.25, 0.3) is 0 Å². The average Bonchev–Trinajstić information content (AvgIpc) is 2.61. The van der Waals surface area contributed by atoms with E-state index in [1.54, 1.807) is 0 Å². The van der Waals surface area contributed by atoms with Crippen LogP contribution in [0.1, 0.15) is 71.6 Å². The standard InChI is InChI=1S/C20H41NO3SSi/c1-4-6-8-9-10-12-20(22)25-18-11-19-26(3)23-16-14-21(13-7-5-2)15-17-24-26/h4-19H2,1-3H3. The predicted octanol–water partition coefficient (Wildman–Crippen LogP) is 5.22. The van der Waals surface area contributed by atoms with Crippen molar-refractivity contribution in [3.05, 3.63) is 0 Å². The molecule has 0 atom stereocenters. The van der Waals surface area contributed by atoms with Crippen molar-refractivity contribution in [1.82, 2.24) is 4.90 Å². The van der Waals surface area contributed by atoms with Gasteiger partial charge in [0.2, 0.25) is 0 Å². The van der Waals surface area contributed by atoms with E-state index >= 15 is 0 Å². The van der Waals surface area contributed by atoms with Crippen LogP contribution in [-0.2, 0) is 13.6 Å². The second-order valence-corrected chi connectivity index (χ2v) is 12.0. The van der Waals surface area contributed by atoms with E-state index < -0.39 is 8.56 Å². The number of hydrogen-bond donors (Lipinski definition) is 0. The summed E-state index contributed by atoms with van der Waals surface area (Å²) in [5, 5.41) is 0.361. The van der Waals surface area contributed by atoms with Crippen molar-refractivity contribution in [1.29, 1.82) is 0 Å². The average molecular weight is 404 g/mol. The highest BCUT2D eigenvalue weighted by Crippen LogP contribution is 2.21. The second-order valence-electron chi connectivity index (χ2n) is 7.51. The van der Waals surface area contributed by atoms with Gasteiger partial charge in [-0.1, -0.05) is 57.7 Å². The zero-order valence-corrected chi connectivity index (χ0v) is 19.2. The molecule has 1 aliphatic heterocycles. The van der Waals surface area contributed by atoms with E-state index in [1.807, 2.05) is 0 Å². The lowest BCUT2D eigenvalue weighted by Gasteiger charge is -2.33. The van der Waals surface area contributed by atoms with E-state index in [0.29, 0.717) is 5.12 Å². The smallest absolute Gasteiger partial charge is 0.335 e. The molecule has 1 saturated heterocycles. The molecule has 0 aromatic heterocycles.